The van der Waals surface area contributed by atoms with Crippen LogP contribution in [0.5, 0.6) is 0 Å². The molecule has 1 rings (SSSR count). The minimum atomic E-state index is 0.0755. The van der Waals surface area contributed by atoms with Crippen LogP contribution in [-0.2, 0) is 20.5 Å². The van der Waals surface area contributed by atoms with Crippen molar-refractivity contribution in [2.75, 3.05) is 0 Å². The molecule has 74 valence electrons. The van der Waals surface area contributed by atoms with Gasteiger partial charge in [0.2, 0.25) is 0 Å². The molecule has 0 radical (unpaired) electrons. The Balaban J connectivity index is 2.67. The number of unbranched alkanes of at least 4 members (excludes halogenated alkanes) is 2. The molecule has 0 spiro atoms. The fraction of sp³-hybridized carbons (Fsp3) is 0.700. The Labute approximate surface area is 79.0 Å². The quantitative estimate of drug-likeness (QED) is 0.647. The van der Waals surface area contributed by atoms with Gasteiger partial charge < -0.3 is 4.57 Å². The van der Waals surface area contributed by atoms with E-state index in [1.165, 1.54) is 19.3 Å². The van der Waals surface area contributed by atoms with Crippen molar-refractivity contribution < 1.29 is 0 Å². The number of aromatic nitrogens is 2. The van der Waals surface area contributed by atoms with Crippen molar-refractivity contribution >= 4 is 0 Å². The molecule has 0 atom stereocenters. The van der Waals surface area contributed by atoms with Gasteiger partial charge in [-0.05, 0) is 12.8 Å². The van der Waals surface area contributed by atoms with Crippen LogP contribution >= 0.6 is 0 Å². The average molecular weight is 182 g/mol. The number of hydrogen-bond acceptors (Lipinski definition) is 1. The zero-order valence-electron chi connectivity index (χ0n) is 8.71. The lowest BCUT2D eigenvalue weighted by Gasteiger charge is -1.99. The van der Waals surface area contributed by atoms with Gasteiger partial charge in [-0.1, -0.05) is 19.8 Å². The summed E-state index contributed by atoms with van der Waals surface area (Å²) in [7, 11) is 3.63. The number of nitrogens with zero attached hydrogens (tertiary/aromatic N) is 2. The first kappa shape index (κ1) is 10.1. The van der Waals surface area contributed by atoms with Gasteiger partial charge in [0.25, 0.3) is 0 Å². The van der Waals surface area contributed by atoms with Crippen molar-refractivity contribution in [2.45, 2.75) is 32.6 Å². The first-order valence-electron chi connectivity index (χ1n) is 4.88. The van der Waals surface area contributed by atoms with Crippen LogP contribution in [0.4, 0.5) is 0 Å². The van der Waals surface area contributed by atoms with Gasteiger partial charge in [0.1, 0.15) is 0 Å². The van der Waals surface area contributed by atoms with E-state index in [1.54, 1.807) is 16.2 Å². The summed E-state index contributed by atoms with van der Waals surface area (Å²) < 4.78 is 3.37. The molecule has 0 aliphatic rings. The predicted octanol–water partition coefficient (Wildman–Crippen LogP) is 1.46. The molecule has 0 fully saturated rings. The van der Waals surface area contributed by atoms with Gasteiger partial charge in [0.15, 0.2) is 0 Å². The molecule has 0 bridgehead atoms. The van der Waals surface area contributed by atoms with E-state index >= 15 is 0 Å². The van der Waals surface area contributed by atoms with Crippen LogP contribution < -0.4 is 5.69 Å². The summed E-state index contributed by atoms with van der Waals surface area (Å²) in [6, 6.07) is 0. The topological polar surface area (TPSA) is 26.9 Å². The summed E-state index contributed by atoms with van der Waals surface area (Å²) in [5, 5.41) is 0. The molecule has 0 saturated carbocycles. The lowest BCUT2D eigenvalue weighted by atomic mass is 10.2. The molecule has 0 aliphatic carbocycles. The second kappa shape index (κ2) is 4.30. The lowest BCUT2D eigenvalue weighted by molar-refractivity contribution is 0.677. The van der Waals surface area contributed by atoms with Gasteiger partial charge in [-0.15, -0.1) is 0 Å². The second-order valence-electron chi connectivity index (χ2n) is 3.53. The molecule has 0 saturated heterocycles. The van der Waals surface area contributed by atoms with Crippen LogP contribution in [0.25, 0.3) is 0 Å². The third-order valence-corrected chi connectivity index (χ3v) is 2.40. The number of aryl methyl sites for hydroxylation is 2. The average Bonchev–Trinajstić information content (AvgIpc) is 2.34. The maximum absolute atomic E-state index is 11.3. The zero-order chi connectivity index (χ0) is 9.84. The maximum Gasteiger partial charge on any atom is 0.327 e. The fourth-order valence-corrected chi connectivity index (χ4v) is 1.51. The summed E-state index contributed by atoms with van der Waals surface area (Å²) in [6.45, 7) is 2.18. The highest BCUT2D eigenvalue weighted by atomic mass is 16.1. The molecule has 3 heteroatoms. The van der Waals surface area contributed by atoms with Crippen molar-refractivity contribution in [3.05, 3.63) is 22.4 Å². The number of imidazole rings is 1. The number of hydrogen-bond donors (Lipinski definition) is 0. The van der Waals surface area contributed by atoms with Crippen LogP contribution in [0.3, 0.4) is 0 Å². The van der Waals surface area contributed by atoms with E-state index in [0.717, 1.165) is 12.1 Å². The van der Waals surface area contributed by atoms with E-state index in [-0.39, 0.29) is 5.69 Å². The third-order valence-electron chi connectivity index (χ3n) is 2.40. The van der Waals surface area contributed by atoms with E-state index in [1.807, 2.05) is 13.2 Å². The van der Waals surface area contributed by atoms with Crippen molar-refractivity contribution in [3.8, 4) is 0 Å². The molecule has 0 aromatic carbocycles. The standard InChI is InChI=1S/C10H18N2O/c1-4-5-6-7-9-8-11(2)10(13)12(9)3/h8H,4-7H2,1-3H3. The Kier molecular flexibility index (Phi) is 3.34. The second-order valence-corrected chi connectivity index (χ2v) is 3.53. The van der Waals surface area contributed by atoms with Crippen LogP contribution in [-0.4, -0.2) is 9.13 Å². The van der Waals surface area contributed by atoms with Crippen molar-refractivity contribution in [2.24, 2.45) is 14.1 Å². The molecule has 1 aromatic heterocycles. The number of rotatable bonds is 4. The summed E-state index contributed by atoms with van der Waals surface area (Å²) in [4.78, 5) is 11.3. The first-order valence-corrected chi connectivity index (χ1v) is 4.88. The van der Waals surface area contributed by atoms with E-state index in [4.69, 9.17) is 0 Å². The Morgan fingerprint density at radius 2 is 2.00 bits per heavy atom. The summed E-state index contributed by atoms with van der Waals surface area (Å²) in [5.74, 6) is 0. The van der Waals surface area contributed by atoms with E-state index < -0.39 is 0 Å². The summed E-state index contributed by atoms with van der Waals surface area (Å²) in [5.41, 5.74) is 1.22. The molecule has 0 N–H and O–H groups in total. The predicted molar refractivity (Wildman–Crippen MR) is 53.9 cm³/mol. The van der Waals surface area contributed by atoms with E-state index in [0.29, 0.717) is 0 Å². The molecule has 0 unspecified atom stereocenters. The van der Waals surface area contributed by atoms with Crippen LogP contribution in [0.1, 0.15) is 31.9 Å². The monoisotopic (exact) mass is 182 g/mol. The molecular weight excluding hydrogens is 164 g/mol. The van der Waals surface area contributed by atoms with Crippen LogP contribution in [0.2, 0.25) is 0 Å². The third kappa shape index (κ3) is 2.23. The molecule has 1 heterocycles. The molecule has 1 aromatic rings. The van der Waals surface area contributed by atoms with Gasteiger partial charge in [-0.2, -0.15) is 0 Å². The van der Waals surface area contributed by atoms with Crippen molar-refractivity contribution in [1.29, 1.82) is 0 Å². The summed E-state index contributed by atoms with van der Waals surface area (Å²) in [6.07, 6.45) is 6.58. The van der Waals surface area contributed by atoms with Gasteiger partial charge in [-0.3, -0.25) is 4.57 Å². The Hall–Kier alpha value is -0.990. The van der Waals surface area contributed by atoms with Gasteiger partial charge in [-0.25, -0.2) is 4.79 Å². The van der Waals surface area contributed by atoms with Crippen molar-refractivity contribution in [3.63, 3.8) is 0 Å². The van der Waals surface area contributed by atoms with Crippen LogP contribution in [0.15, 0.2) is 11.0 Å². The fourth-order valence-electron chi connectivity index (χ4n) is 1.51. The van der Waals surface area contributed by atoms with Crippen LogP contribution in [0, 0.1) is 0 Å². The normalized spacial score (nSPS) is 10.7. The lowest BCUT2D eigenvalue weighted by Crippen LogP contribution is -2.20. The smallest absolute Gasteiger partial charge is 0.302 e. The van der Waals surface area contributed by atoms with Gasteiger partial charge in [0, 0.05) is 26.0 Å². The Bertz CT molecular complexity index is 322. The highest BCUT2D eigenvalue weighted by Gasteiger charge is 2.03. The highest BCUT2D eigenvalue weighted by molar-refractivity contribution is 4.99. The molecule has 3 nitrogen and oxygen atoms in total. The highest BCUT2D eigenvalue weighted by Crippen LogP contribution is 2.03. The minimum absolute atomic E-state index is 0.0755. The molecular formula is C10H18N2O. The molecule has 0 aliphatic heterocycles. The molecule has 0 amide bonds. The first-order chi connectivity index (χ1) is 6.16. The van der Waals surface area contributed by atoms with Crippen molar-refractivity contribution in [1.82, 2.24) is 9.13 Å². The largest absolute Gasteiger partial charge is 0.327 e. The maximum atomic E-state index is 11.3. The Morgan fingerprint density at radius 1 is 1.31 bits per heavy atom. The summed E-state index contributed by atoms with van der Waals surface area (Å²) >= 11 is 0. The van der Waals surface area contributed by atoms with E-state index in [9.17, 15) is 4.79 Å². The van der Waals surface area contributed by atoms with E-state index in [2.05, 4.69) is 6.92 Å². The molecule has 13 heavy (non-hydrogen) atoms. The Morgan fingerprint density at radius 3 is 2.46 bits per heavy atom. The van der Waals surface area contributed by atoms with Gasteiger partial charge in [0.05, 0.1) is 0 Å². The SMILES string of the molecule is CCCCCc1cn(C)c(=O)n1C. The van der Waals surface area contributed by atoms with Gasteiger partial charge >= 0.3 is 5.69 Å². The zero-order valence-corrected chi connectivity index (χ0v) is 8.71. The minimum Gasteiger partial charge on any atom is -0.302 e.